The Morgan fingerprint density at radius 3 is 1.86 bits per heavy atom. The molecule has 1 atom stereocenters. The fraction of sp³-hybridized carbons (Fsp3) is 0.509. The maximum Gasteiger partial charge on any atom is 0.0667 e. The molecule has 0 radical (unpaired) electrons. The molecule has 56 heavy (non-hydrogen) atoms. The summed E-state index contributed by atoms with van der Waals surface area (Å²) in [7, 11) is 0. The Labute approximate surface area is 346 Å². The van der Waals surface area contributed by atoms with Gasteiger partial charge in [0, 0.05) is 33.3 Å². The third-order valence-corrected chi connectivity index (χ3v) is 13.3. The number of rotatable bonds is 4. The molecule has 3 aliphatic rings. The highest BCUT2D eigenvalue weighted by molar-refractivity contribution is 8.03. The molecule has 0 bridgehead atoms. The summed E-state index contributed by atoms with van der Waals surface area (Å²) >= 11 is 2.04. The van der Waals surface area contributed by atoms with E-state index in [1.807, 2.05) is 11.8 Å². The summed E-state index contributed by atoms with van der Waals surface area (Å²) < 4.78 is 0. The second-order valence-corrected chi connectivity index (χ2v) is 22.4. The van der Waals surface area contributed by atoms with Gasteiger partial charge in [0.1, 0.15) is 0 Å². The van der Waals surface area contributed by atoms with Gasteiger partial charge in [-0.15, -0.1) is 11.8 Å². The number of hydrogen-bond acceptors (Lipinski definition) is 3. The highest BCUT2D eigenvalue weighted by Crippen LogP contribution is 2.58. The molecule has 0 N–H and O–H groups in total. The van der Waals surface area contributed by atoms with Gasteiger partial charge in [0.15, 0.2) is 0 Å². The first-order valence-electron chi connectivity index (χ1n) is 21.5. The minimum atomic E-state index is 0.00547. The van der Waals surface area contributed by atoms with Gasteiger partial charge < -0.3 is 9.80 Å². The summed E-state index contributed by atoms with van der Waals surface area (Å²) in [6, 6.07) is 20.1. The fourth-order valence-electron chi connectivity index (χ4n) is 8.36. The quantitative estimate of drug-likeness (QED) is 0.261. The van der Waals surface area contributed by atoms with Gasteiger partial charge in [0.2, 0.25) is 0 Å². The molecule has 2 heterocycles. The largest absolute Gasteiger partial charge is 0.333 e. The first-order chi connectivity index (χ1) is 26.0. The predicted molar refractivity (Wildman–Crippen MR) is 250 cm³/mol. The number of anilines is 4. The Morgan fingerprint density at radius 2 is 1.29 bits per heavy atom. The molecule has 0 fully saturated rings. The lowest BCUT2D eigenvalue weighted by Gasteiger charge is -2.48. The van der Waals surface area contributed by atoms with Crippen molar-refractivity contribution in [2.24, 2.45) is 5.41 Å². The second kappa shape index (κ2) is 15.4. The van der Waals surface area contributed by atoms with Crippen LogP contribution in [0, 0.1) is 12.3 Å². The smallest absolute Gasteiger partial charge is 0.0667 e. The van der Waals surface area contributed by atoms with Crippen LogP contribution >= 0.6 is 11.8 Å². The summed E-state index contributed by atoms with van der Waals surface area (Å²) in [6.45, 7) is 37.7. The van der Waals surface area contributed by atoms with Gasteiger partial charge in [0.05, 0.1) is 17.4 Å². The molecule has 1 unspecified atom stereocenters. The van der Waals surface area contributed by atoms with Gasteiger partial charge in [-0.2, -0.15) is 0 Å². The fourth-order valence-corrected chi connectivity index (χ4v) is 9.30. The maximum atomic E-state index is 2.71. The van der Waals surface area contributed by atoms with Crippen LogP contribution in [0.2, 0.25) is 0 Å². The van der Waals surface area contributed by atoms with Crippen LogP contribution in [0.1, 0.15) is 175 Å². The number of nitrogens with zero attached hydrogens (tertiary/aromatic N) is 2. The number of benzene rings is 3. The summed E-state index contributed by atoms with van der Waals surface area (Å²) in [5.74, 6) is 1.41. The van der Waals surface area contributed by atoms with E-state index >= 15 is 0 Å². The normalized spacial score (nSPS) is 19.9. The topological polar surface area (TPSA) is 6.48 Å². The van der Waals surface area contributed by atoms with Crippen molar-refractivity contribution >= 4 is 34.5 Å². The van der Waals surface area contributed by atoms with Crippen molar-refractivity contribution in [1.82, 2.24) is 0 Å². The highest BCUT2D eigenvalue weighted by Gasteiger charge is 2.41. The van der Waals surface area contributed by atoms with Crippen LogP contribution in [0.3, 0.4) is 0 Å². The van der Waals surface area contributed by atoms with Gasteiger partial charge in [-0.1, -0.05) is 140 Å². The highest BCUT2D eigenvalue weighted by atomic mass is 32.2. The Morgan fingerprint density at radius 1 is 0.696 bits per heavy atom. The number of allylic oxidation sites excluding steroid dienone is 5. The van der Waals surface area contributed by atoms with Gasteiger partial charge >= 0.3 is 0 Å². The van der Waals surface area contributed by atoms with Crippen molar-refractivity contribution in [2.45, 2.75) is 165 Å². The Balaban J connectivity index is 1.73. The number of hydrogen-bond donors (Lipinski definition) is 0. The average Bonchev–Trinajstić information content (AvgIpc) is 3.09. The van der Waals surface area contributed by atoms with E-state index in [4.69, 9.17) is 0 Å². The van der Waals surface area contributed by atoms with Crippen molar-refractivity contribution in [3.8, 4) is 0 Å². The minimum absolute atomic E-state index is 0.00547. The minimum Gasteiger partial charge on any atom is -0.333 e. The standard InChI is InChI=1S/C53H72N2S/c1-17-36-20-23-48-45(27-36)55(43-32-40(52(11,12)13)30-41(33-43)53(14,15)16)47-26-35(4)25-46-49(47)44(22-21-38(50(5,6)7)19-18-24-56-48)54(46)42-29-37(34(2)3)28-39(31-42)51(8,9)10/h18-19,21,25-34,44H,17,20,22-24H2,1-16H3/b19-18-,38-21+. The summed E-state index contributed by atoms with van der Waals surface area (Å²) in [6.07, 6.45) is 14.2. The Bertz CT molecular complexity index is 2060. The molecule has 300 valence electrons. The van der Waals surface area contributed by atoms with E-state index in [9.17, 15) is 0 Å². The molecular formula is C53H72N2S. The molecule has 0 saturated heterocycles. The molecule has 2 aliphatic heterocycles. The van der Waals surface area contributed by atoms with Crippen LogP contribution in [-0.4, -0.2) is 5.75 Å². The molecule has 3 heteroatoms. The van der Waals surface area contributed by atoms with Crippen LogP contribution in [-0.2, 0) is 16.2 Å². The first kappa shape index (κ1) is 42.2. The van der Waals surface area contributed by atoms with E-state index in [-0.39, 0.29) is 27.7 Å². The third kappa shape index (κ3) is 8.69. The SMILES string of the molecule is CCC1=CC2=C(CC1)SC/C=C\C(C(C)(C)C)=C/CC1c3c(cc(C)cc3N1c1cc(C(C)C)cc(C(C)(C)C)c1)N2c1cc(C(C)(C)C)cc(C(C)(C)C)c1. The van der Waals surface area contributed by atoms with E-state index in [1.54, 1.807) is 5.57 Å². The lowest BCUT2D eigenvalue weighted by atomic mass is 9.79. The molecule has 6 rings (SSSR count). The van der Waals surface area contributed by atoms with E-state index in [0.717, 1.165) is 31.4 Å². The van der Waals surface area contributed by atoms with Crippen LogP contribution in [0.5, 0.6) is 0 Å². The first-order valence-corrected chi connectivity index (χ1v) is 22.4. The van der Waals surface area contributed by atoms with Crippen LogP contribution in [0.25, 0.3) is 0 Å². The van der Waals surface area contributed by atoms with E-state index in [0.29, 0.717) is 5.92 Å². The molecule has 3 aromatic carbocycles. The van der Waals surface area contributed by atoms with Crippen LogP contribution in [0.4, 0.5) is 22.7 Å². The molecular weight excluding hydrogens is 697 g/mol. The zero-order valence-electron chi connectivity index (χ0n) is 37.9. The lowest BCUT2D eigenvalue weighted by molar-refractivity contribution is 0.511. The second-order valence-electron chi connectivity index (χ2n) is 21.2. The van der Waals surface area contributed by atoms with Crippen LogP contribution < -0.4 is 9.80 Å². The summed E-state index contributed by atoms with van der Waals surface area (Å²) in [5.41, 5.74) is 18.1. The monoisotopic (exact) mass is 769 g/mol. The molecule has 0 spiro atoms. The molecule has 0 saturated carbocycles. The van der Waals surface area contributed by atoms with Crippen molar-refractivity contribution in [2.75, 3.05) is 15.6 Å². The van der Waals surface area contributed by atoms with Gasteiger partial charge in [-0.05, 0) is 136 Å². The van der Waals surface area contributed by atoms with Crippen molar-refractivity contribution in [3.05, 3.63) is 128 Å². The maximum absolute atomic E-state index is 2.71. The van der Waals surface area contributed by atoms with Crippen LogP contribution in [0.15, 0.2) is 94.6 Å². The Kier molecular flexibility index (Phi) is 11.6. The van der Waals surface area contributed by atoms with E-state index < -0.39 is 0 Å². The van der Waals surface area contributed by atoms with Gasteiger partial charge in [-0.3, -0.25) is 0 Å². The van der Waals surface area contributed by atoms with Gasteiger partial charge in [0.25, 0.3) is 0 Å². The zero-order chi connectivity index (χ0) is 41.1. The number of aryl methyl sites for hydroxylation is 1. The lowest BCUT2D eigenvalue weighted by Crippen LogP contribution is -2.37. The van der Waals surface area contributed by atoms with Gasteiger partial charge in [-0.25, -0.2) is 0 Å². The molecule has 1 aliphatic carbocycles. The van der Waals surface area contributed by atoms with E-state index in [1.165, 1.54) is 72.3 Å². The predicted octanol–water partition coefficient (Wildman–Crippen LogP) is 16.3. The summed E-state index contributed by atoms with van der Waals surface area (Å²) in [5, 5.41) is 0. The van der Waals surface area contributed by atoms with Crippen molar-refractivity contribution in [1.29, 1.82) is 0 Å². The average molecular weight is 769 g/mol. The van der Waals surface area contributed by atoms with E-state index in [2.05, 4.69) is 193 Å². The number of thioether (sulfide) groups is 1. The zero-order valence-corrected chi connectivity index (χ0v) is 38.7. The molecule has 0 amide bonds. The molecule has 0 aromatic heterocycles. The molecule has 3 aromatic rings. The third-order valence-electron chi connectivity index (χ3n) is 12.2. The Hall–Kier alpha value is -3.43. The van der Waals surface area contributed by atoms with Crippen molar-refractivity contribution in [3.63, 3.8) is 0 Å². The summed E-state index contributed by atoms with van der Waals surface area (Å²) in [4.78, 5) is 6.89. The van der Waals surface area contributed by atoms with Crippen molar-refractivity contribution < 1.29 is 0 Å². The molecule has 2 nitrogen and oxygen atoms in total.